The van der Waals surface area contributed by atoms with Crippen LogP contribution in [0.4, 0.5) is 0 Å². The Kier molecular flexibility index (Phi) is 8.34. The molecule has 7 heteroatoms. The summed E-state index contributed by atoms with van der Waals surface area (Å²) in [5, 5.41) is 6.07. The number of hydrogen-bond donors (Lipinski definition) is 2. The van der Waals surface area contributed by atoms with Crippen molar-refractivity contribution in [1.29, 1.82) is 0 Å². The van der Waals surface area contributed by atoms with Crippen molar-refractivity contribution in [3.63, 3.8) is 0 Å². The summed E-state index contributed by atoms with van der Waals surface area (Å²) >= 11 is 0. The highest BCUT2D eigenvalue weighted by molar-refractivity contribution is 5.97. The minimum absolute atomic E-state index is 0.0266. The predicted molar refractivity (Wildman–Crippen MR) is 148 cm³/mol. The van der Waals surface area contributed by atoms with Gasteiger partial charge in [0.15, 0.2) is 0 Å². The van der Waals surface area contributed by atoms with Crippen LogP contribution in [0.15, 0.2) is 36.4 Å². The summed E-state index contributed by atoms with van der Waals surface area (Å²) in [6.45, 7) is 11.0. The summed E-state index contributed by atoms with van der Waals surface area (Å²) in [5.74, 6) is 0.792. The van der Waals surface area contributed by atoms with Gasteiger partial charge in [-0.05, 0) is 74.3 Å². The average molecular weight is 520 g/mol. The molecule has 0 aromatic heterocycles. The maximum atomic E-state index is 13.4. The fraction of sp³-hybridized carbons (Fsp3) is 0.548. The number of carbonyl (C=O) groups excluding carboxylic acids is 2. The normalized spacial score (nSPS) is 26.0. The lowest BCUT2D eigenvalue weighted by atomic mass is 9.84. The SMILES string of the molecule is CC1CC(C)C(CNC(=O)c2cc3c(c(-c4ccc(CN5CCOCC5)cc4)c2)OC(C)CCC3)C(=O)N1. The Labute approximate surface area is 226 Å². The van der Waals surface area contributed by atoms with Gasteiger partial charge in [-0.15, -0.1) is 0 Å². The Morgan fingerprint density at radius 1 is 1.11 bits per heavy atom. The molecular formula is C31H41N3O4. The lowest BCUT2D eigenvalue weighted by Crippen LogP contribution is -2.50. The summed E-state index contributed by atoms with van der Waals surface area (Å²) in [7, 11) is 0. The molecule has 4 atom stereocenters. The number of hydrogen-bond acceptors (Lipinski definition) is 5. The van der Waals surface area contributed by atoms with E-state index in [0.717, 1.165) is 81.0 Å². The van der Waals surface area contributed by atoms with Gasteiger partial charge in [0, 0.05) is 43.3 Å². The van der Waals surface area contributed by atoms with Gasteiger partial charge < -0.3 is 20.1 Å². The van der Waals surface area contributed by atoms with E-state index in [-0.39, 0.29) is 35.8 Å². The van der Waals surface area contributed by atoms with Crippen molar-refractivity contribution in [3.05, 3.63) is 53.1 Å². The molecule has 0 saturated carbocycles. The minimum atomic E-state index is -0.210. The van der Waals surface area contributed by atoms with E-state index >= 15 is 0 Å². The molecule has 2 aromatic rings. The lowest BCUT2D eigenvalue weighted by Gasteiger charge is -2.32. The number of fused-ring (bicyclic) bond motifs is 1. The maximum Gasteiger partial charge on any atom is 0.251 e. The smallest absolute Gasteiger partial charge is 0.251 e. The molecule has 7 nitrogen and oxygen atoms in total. The van der Waals surface area contributed by atoms with Gasteiger partial charge in [-0.25, -0.2) is 0 Å². The summed E-state index contributed by atoms with van der Waals surface area (Å²) in [6, 6.07) is 12.7. The van der Waals surface area contributed by atoms with E-state index < -0.39 is 0 Å². The number of ether oxygens (including phenoxy) is 2. The molecule has 2 saturated heterocycles. The zero-order chi connectivity index (χ0) is 26.6. The van der Waals surface area contributed by atoms with Crippen molar-refractivity contribution in [2.75, 3.05) is 32.8 Å². The molecule has 4 unspecified atom stereocenters. The van der Waals surface area contributed by atoms with Crippen molar-refractivity contribution < 1.29 is 19.1 Å². The molecule has 3 aliphatic rings. The number of carbonyl (C=O) groups is 2. The van der Waals surface area contributed by atoms with Crippen molar-refractivity contribution in [2.45, 2.75) is 65.1 Å². The number of nitrogens with zero attached hydrogens (tertiary/aromatic N) is 1. The summed E-state index contributed by atoms with van der Waals surface area (Å²) in [6.07, 6.45) is 3.94. The van der Waals surface area contributed by atoms with Gasteiger partial charge in [-0.3, -0.25) is 14.5 Å². The largest absolute Gasteiger partial charge is 0.490 e. The molecule has 2 aromatic carbocycles. The first-order valence-corrected chi connectivity index (χ1v) is 14.2. The first kappa shape index (κ1) is 26.7. The van der Waals surface area contributed by atoms with Crippen molar-refractivity contribution in [2.24, 2.45) is 11.8 Å². The highest BCUT2D eigenvalue weighted by atomic mass is 16.5. The highest BCUT2D eigenvalue weighted by Gasteiger charge is 2.32. The standard InChI is InChI=1S/C31H41N3O4/c1-20-15-21(2)33-31(36)28(20)18-32-30(35)26-16-25-6-4-5-22(3)38-29(25)27(17-26)24-9-7-23(8-10-24)19-34-11-13-37-14-12-34/h7-10,16-17,20-22,28H,4-6,11-15,18-19H2,1-3H3,(H,32,35)(H,33,36). The average Bonchev–Trinajstić information content (AvgIpc) is 3.09. The zero-order valence-corrected chi connectivity index (χ0v) is 22.9. The van der Waals surface area contributed by atoms with E-state index in [4.69, 9.17) is 9.47 Å². The van der Waals surface area contributed by atoms with Crippen molar-refractivity contribution >= 4 is 11.8 Å². The van der Waals surface area contributed by atoms with E-state index in [1.54, 1.807) is 0 Å². The van der Waals surface area contributed by atoms with E-state index in [9.17, 15) is 9.59 Å². The number of aryl methyl sites for hydroxylation is 1. The van der Waals surface area contributed by atoms with Gasteiger partial charge in [0.25, 0.3) is 5.91 Å². The number of amides is 2. The van der Waals surface area contributed by atoms with Crippen LogP contribution in [-0.2, 0) is 22.5 Å². The third kappa shape index (κ3) is 6.21. The second-order valence-electron chi connectivity index (χ2n) is 11.4. The van der Waals surface area contributed by atoms with Crippen LogP contribution in [0, 0.1) is 11.8 Å². The summed E-state index contributed by atoms with van der Waals surface area (Å²) in [5.41, 5.74) is 4.96. The van der Waals surface area contributed by atoms with Crippen LogP contribution in [0.25, 0.3) is 11.1 Å². The molecule has 3 heterocycles. The van der Waals surface area contributed by atoms with E-state index in [1.807, 2.05) is 19.1 Å². The molecule has 2 fully saturated rings. The van der Waals surface area contributed by atoms with Crippen LogP contribution >= 0.6 is 0 Å². The molecular weight excluding hydrogens is 478 g/mol. The Balaban J connectivity index is 1.38. The quantitative estimate of drug-likeness (QED) is 0.599. The van der Waals surface area contributed by atoms with Crippen molar-refractivity contribution in [3.8, 4) is 16.9 Å². The molecule has 0 spiro atoms. The highest BCUT2D eigenvalue weighted by Crippen LogP contribution is 2.38. The predicted octanol–water partition coefficient (Wildman–Crippen LogP) is 4.18. The van der Waals surface area contributed by atoms with Crippen LogP contribution in [-0.4, -0.2) is 61.7 Å². The van der Waals surface area contributed by atoms with Gasteiger partial charge in [0.1, 0.15) is 5.75 Å². The number of nitrogens with one attached hydrogen (secondary N) is 2. The first-order valence-electron chi connectivity index (χ1n) is 14.2. The molecule has 3 aliphatic heterocycles. The third-order valence-electron chi connectivity index (χ3n) is 8.20. The third-order valence-corrected chi connectivity index (χ3v) is 8.20. The number of morpholine rings is 1. The Hall–Kier alpha value is -2.90. The van der Waals surface area contributed by atoms with Crippen LogP contribution < -0.4 is 15.4 Å². The number of rotatable bonds is 6. The molecule has 0 bridgehead atoms. The van der Waals surface area contributed by atoms with Gasteiger partial charge in [0.2, 0.25) is 5.91 Å². The van der Waals surface area contributed by atoms with Crippen LogP contribution in [0.2, 0.25) is 0 Å². The van der Waals surface area contributed by atoms with Gasteiger partial charge in [-0.1, -0.05) is 31.2 Å². The van der Waals surface area contributed by atoms with E-state index in [2.05, 4.69) is 53.6 Å². The van der Waals surface area contributed by atoms with Crippen LogP contribution in [0.3, 0.4) is 0 Å². The van der Waals surface area contributed by atoms with Gasteiger partial charge >= 0.3 is 0 Å². The maximum absolute atomic E-state index is 13.4. The van der Waals surface area contributed by atoms with Crippen molar-refractivity contribution in [1.82, 2.24) is 15.5 Å². The fourth-order valence-corrected chi connectivity index (χ4v) is 5.99. The second-order valence-corrected chi connectivity index (χ2v) is 11.4. The zero-order valence-electron chi connectivity index (χ0n) is 22.9. The molecule has 2 N–H and O–H groups in total. The van der Waals surface area contributed by atoms with E-state index in [1.165, 1.54) is 5.56 Å². The molecule has 5 rings (SSSR count). The van der Waals surface area contributed by atoms with Gasteiger partial charge in [-0.2, -0.15) is 0 Å². The van der Waals surface area contributed by atoms with Crippen LogP contribution in [0.1, 0.15) is 61.5 Å². The Bertz CT molecular complexity index is 1140. The number of benzene rings is 2. The molecule has 0 radical (unpaired) electrons. The fourth-order valence-electron chi connectivity index (χ4n) is 5.99. The van der Waals surface area contributed by atoms with Crippen LogP contribution in [0.5, 0.6) is 5.75 Å². The Morgan fingerprint density at radius 3 is 2.61 bits per heavy atom. The monoisotopic (exact) mass is 519 g/mol. The molecule has 2 amide bonds. The first-order chi connectivity index (χ1) is 18.4. The topological polar surface area (TPSA) is 79.9 Å². The second kappa shape index (κ2) is 11.9. The Morgan fingerprint density at radius 2 is 1.87 bits per heavy atom. The lowest BCUT2D eigenvalue weighted by molar-refractivity contribution is -0.129. The molecule has 38 heavy (non-hydrogen) atoms. The summed E-state index contributed by atoms with van der Waals surface area (Å²) in [4.78, 5) is 28.3. The van der Waals surface area contributed by atoms with Gasteiger partial charge in [0.05, 0.1) is 25.2 Å². The molecule has 204 valence electrons. The minimum Gasteiger partial charge on any atom is -0.490 e. The van der Waals surface area contributed by atoms with E-state index in [0.29, 0.717) is 12.1 Å². The summed E-state index contributed by atoms with van der Waals surface area (Å²) < 4.78 is 11.9. The number of piperidine rings is 1. The molecule has 0 aliphatic carbocycles.